The molecule has 1 aromatic carbocycles. The third-order valence-electron chi connectivity index (χ3n) is 6.30. The van der Waals surface area contributed by atoms with Crippen molar-refractivity contribution < 1.29 is 9.59 Å². The molecule has 0 radical (unpaired) electrons. The Morgan fingerprint density at radius 3 is 2.29 bits per heavy atom. The molecule has 3 aliphatic rings. The van der Waals surface area contributed by atoms with E-state index in [0.717, 1.165) is 57.8 Å². The van der Waals surface area contributed by atoms with Crippen LogP contribution >= 0.6 is 0 Å². The molecule has 0 unspecified atom stereocenters. The zero-order chi connectivity index (χ0) is 19.5. The molecule has 3 fully saturated rings. The number of anilines is 1. The molecule has 3 aliphatic heterocycles. The zero-order valence-electron chi connectivity index (χ0n) is 16.8. The predicted octanol–water partition coefficient (Wildman–Crippen LogP) is 1.32. The first-order valence-corrected chi connectivity index (χ1v) is 10.5. The first-order valence-electron chi connectivity index (χ1n) is 10.5. The molecule has 7 heteroatoms. The first-order chi connectivity index (χ1) is 13.6. The Bertz CT molecular complexity index is 691. The zero-order valence-corrected chi connectivity index (χ0v) is 16.8. The van der Waals surface area contributed by atoms with Gasteiger partial charge in [-0.3, -0.25) is 9.69 Å². The summed E-state index contributed by atoms with van der Waals surface area (Å²) in [6.07, 6.45) is 2.17. The van der Waals surface area contributed by atoms with Gasteiger partial charge in [-0.15, -0.1) is 0 Å². The highest BCUT2D eigenvalue weighted by molar-refractivity contribution is 5.97. The summed E-state index contributed by atoms with van der Waals surface area (Å²) < 4.78 is 0. The molecule has 1 N–H and O–H groups in total. The number of amides is 3. The van der Waals surface area contributed by atoms with E-state index < -0.39 is 0 Å². The van der Waals surface area contributed by atoms with Crippen molar-refractivity contribution in [2.24, 2.45) is 5.92 Å². The lowest BCUT2D eigenvalue weighted by atomic mass is 9.95. The Hall–Kier alpha value is -2.12. The summed E-state index contributed by atoms with van der Waals surface area (Å²) >= 11 is 0. The van der Waals surface area contributed by atoms with Crippen LogP contribution in [0.25, 0.3) is 0 Å². The van der Waals surface area contributed by atoms with Crippen LogP contribution in [0.1, 0.15) is 23.2 Å². The van der Waals surface area contributed by atoms with Crippen molar-refractivity contribution in [1.82, 2.24) is 20.0 Å². The molecule has 4 rings (SSSR count). The van der Waals surface area contributed by atoms with Crippen molar-refractivity contribution in [1.29, 1.82) is 0 Å². The molecule has 3 heterocycles. The van der Waals surface area contributed by atoms with E-state index in [1.165, 1.54) is 6.54 Å². The number of benzene rings is 1. The minimum absolute atomic E-state index is 0.0681. The van der Waals surface area contributed by atoms with Crippen LogP contribution in [0.4, 0.5) is 10.5 Å². The maximum atomic E-state index is 12.8. The summed E-state index contributed by atoms with van der Waals surface area (Å²) in [5.74, 6) is 0.805. The van der Waals surface area contributed by atoms with E-state index in [4.69, 9.17) is 0 Å². The average Bonchev–Trinajstić information content (AvgIpc) is 3.16. The van der Waals surface area contributed by atoms with Gasteiger partial charge in [0.15, 0.2) is 0 Å². The number of nitrogens with one attached hydrogen (secondary N) is 1. The fourth-order valence-electron chi connectivity index (χ4n) is 4.40. The summed E-state index contributed by atoms with van der Waals surface area (Å²) in [5, 5.41) is 2.80. The highest BCUT2D eigenvalue weighted by Crippen LogP contribution is 2.22. The Morgan fingerprint density at radius 2 is 1.68 bits per heavy atom. The van der Waals surface area contributed by atoms with Gasteiger partial charge in [0.05, 0.1) is 0 Å². The van der Waals surface area contributed by atoms with Gasteiger partial charge >= 0.3 is 6.03 Å². The standard InChI is InChI=1S/C21H31N5O2/c1-23-12-14-24(15-13-23)16-17-6-9-25(10-7-17)20(27)18-2-4-19(5-3-18)26-11-8-22-21(26)28/h2-5,17H,6-16H2,1H3,(H,22,28). The summed E-state index contributed by atoms with van der Waals surface area (Å²) in [4.78, 5) is 33.3. The topological polar surface area (TPSA) is 59.1 Å². The minimum atomic E-state index is -0.0681. The number of piperidine rings is 1. The van der Waals surface area contributed by atoms with Gasteiger partial charge in [-0.25, -0.2) is 4.79 Å². The minimum Gasteiger partial charge on any atom is -0.339 e. The van der Waals surface area contributed by atoms with Crippen LogP contribution in [0.15, 0.2) is 24.3 Å². The van der Waals surface area contributed by atoms with Crippen LogP contribution in [0.2, 0.25) is 0 Å². The molecule has 0 saturated carbocycles. The van der Waals surface area contributed by atoms with E-state index in [1.807, 2.05) is 29.2 Å². The number of carbonyl (C=O) groups is 2. The molecule has 3 amide bonds. The SMILES string of the molecule is CN1CCN(CC2CCN(C(=O)c3ccc(N4CCNC4=O)cc3)CC2)CC1. The molecule has 3 saturated heterocycles. The summed E-state index contributed by atoms with van der Waals surface area (Å²) in [7, 11) is 2.19. The van der Waals surface area contributed by atoms with Gasteiger partial charge < -0.3 is 20.0 Å². The molecule has 0 aromatic heterocycles. The van der Waals surface area contributed by atoms with Gasteiger partial charge in [-0.2, -0.15) is 0 Å². The number of rotatable bonds is 4. The number of urea groups is 1. The number of hydrogen-bond acceptors (Lipinski definition) is 4. The lowest BCUT2D eigenvalue weighted by Gasteiger charge is -2.38. The second kappa shape index (κ2) is 8.49. The number of carbonyl (C=O) groups excluding carboxylic acids is 2. The predicted molar refractivity (Wildman–Crippen MR) is 110 cm³/mol. The van der Waals surface area contributed by atoms with Crippen LogP contribution < -0.4 is 10.2 Å². The van der Waals surface area contributed by atoms with Gasteiger partial charge in [0, 0.05) is 70.2 Å². The Labute approximate surface area is 167 Å². The molecule has 0 bridgehead atoms. The van der Waals surface area contributed by atoms with Crippen molar-refractivity contribution in [2.75, 3.05) is 70.9 Å². The Morgan fingerprint density at radius 1 is 1.00 bits per heavy atom. The average molecular weight is 386 g/mol. The highest BCUT2D eigenvalue weighted by Gasteiger charge is 2.26. The lowest BCUT2D eigenvalue weighted by molar-refractivity contribution is 0.0644. The van der Waals surface area contributed by atoms with Crippen molar-refractivity contribution in [3.05, 3.63) is 29.8 Å². The fraction of sp³-hybridized carbons (Fsp3) is 0.619. The Kier molecular flexibility index (Phi) is 5.82. The number of likely N-dealkylation sites (tertiary alicyclic amines) is 1. The van der Waals surface area contributed by atoms with Crippen molar-refractivity contribution in [2.45, 2.75) is 12.8 Å². The molecule has 28 heavy (non-hydrogen) atoms. The highest BCUT2D eigenvalue weighted by atomic mass is 16.2. The maximum Gasteiger partial charge on any atom is 0.321 e. The Balaban J connectivity index is 1.27. The molecule has 1 aromatic rings. The van der Waals surface area contributed by atoms with Gasteiger partial charge in [0.2, 0.25) is 0 Å². The number of hydrogen-bond donors (Lipinski definition) is 1. The fourth-order valence-corrected chi connectivity index (χ4v) is 4.40. The molecular formula is C21H31N5O2. The van der Waals surface area contributed by atoms with Crippen LogP contribution in [-0.2, 0) is 0 Å². The van der Waals surface area contributed by atoms with E-state index in [0.29, 0.717) is 24.6 Å². The van der Waals surface area contributed by atoms with Crippen LogP contribution in [0.3, 0.4) is 0 Å². The van der Waals surface area contributed by atoms with Crippen LogP contribution in [0.5, 0.6) is 0 Å². The number of likely N-dealkylation sites (N-methyl/N-ethyl adjacent to an activating group) is 1. The molecule has 0 aliphatic carbocycles. The summed E-state index contributed by atoms with van der Waals surface area (Å²) in [6, 6.07) is 7.37. The normalized spacial score (nSPS) is 22.5. The molecule has 0 atom stereocenters. The van der Waals surface area contributed by atoms with Crippen LogP contribution in [0, 0.1) is 5.92 Å². The van der Waals surface area contributed by atoms with Gasteiger partial charge in [0.25, 0.3) is 5.91 Å². The molecule has 0 spiro atoms. The third-order valence-corrected chi connectivity index (χ3v) is 6.30. The summed E-state index contributed by atoms with van der Waals surface area (Å²) in [6.45, 7) is 8.84. The monoisotopic (exact) mass is 385 g/mol. The van der Waals surface area contributed by atoms with E-state index in [-0.39, 0.29) is 11.9 Å². The van der Waals surface area contributed by atoms with E-state index in [1.54, 1.807) is 4.90 Å². The first kappa shape index (κ1) is 19.2. The second-order valence-corrected chi connectivity index (χ2v) is 8.27. The van der Waals surface area contributed by atoms with Gasteiger partial charge in [-0.1, -0.05) is 0 Å². The van der Waals surface area contributed by atoms with Gasteiger partial charge in [0.1, 0.15) is 0 Å². The van der Waals surface area contributed by atoms with Crippen molar-refractivity contribution in [3.63, 3.8) is 0 Å². The van der Waals surface area contributed by atoms with E-state index in [2.05, 4.69) is 22.2 Å². The van der Waals surface area contributed by atoms with Crippen molar-refractivity contribution in [3.8, 4) is 0 Å². The largest absolute Gasteiger partial charge is 0.339 e. The second-order valence-electron chi connectivity index (χ2n) is 8.27. The van der Waals surface area contributed by atoms with Gasteiger partial charge in [-0.05, 0) is 50.1 Å². The van der Waals surface area contributed by atoms with E-state index in [9.17, 15) is 9.59 Å². The molecule has 7 nitrogen and oxygen atoms in total. The van der Waals surface area contributed by atoms with Crippen molar-refractivity contribution >= 4 is 17.6 Å². The smallest absolute Gasteiger partial charge is 0.321 e. The third kappa shape index (κ3) is 4.31. The van der Waals surface area contributed by atoms with Crippen LogP contribution in [-0.4, -0.2) is 92.6 Å². The molecular weight excluding hydrogens is 354 g/mol. The maximum absolute atomic E-state index is 12.8. The summed E-state index contributed by atoms with van der Waals surface area (Å²) in [5.41, 5.74) is 1.55. The lowest BCUT2D eigenvalue weighted by Crippen LogP contribution is -2.48. The number of nitrogens with zero attached hydrogens (tertiary/aromatic N) is 4. The van der Waals surface area contributed by atoms with E-state index >= 15 is 0 Å². The molecule has 152 valence electrons. The number of piperazine rings is 1. The quantitative estimate of drug-likeness (QED) is 0.849.